The number of furan rings is 1. The maximum atomic E-state index is 5.27. The Morgan fingerprint density at radius 3 is 2.53 bits per heavy atom. The predicted molar refractivity (Wildman–Crippen MR) is 72.4 cm³/mol. The van der Waals surface area contributed by atoms with E-state index in [1.165, 1.54) is 5.56 Å². The second-order valence-electron chi connectivity index (χ2n) is 4.05. The van der Waals surface area contributed by atoms with Crippen molar-refractivity contribution in [2.45, 2.75) is 25.9 Å². The van der Waals surface area contributed by atoms with E-state index in [9.17, 15) is 0 Å². The summed E-state index contributed by atoms with van der Waals surface area (Å²) in [6.45, 7) is 2.98. The molecule has 0 bridgehead atoms. The van der Waals surface area contributed by atoms with E-state index in [0.717, 1.165) is 18.7 Å². The smallest absolute Gasteiger partial charge is 0.117 e. The number of rotatable bonds is 5. The highest BCUT2D eigenvalue weighted by molar-refractivity contribution is 5.85. The third-order valence-electron chi connectivity index (χ3n) is 2.59. The van der Waals surface area contributed by atoms with E-state index < -0.39 is 0 Å². The first kappa shape index (κ1) is 13.8. The topological polar surface area (TPSA) is 25.2 Å². The molecule has 0 aliphatic carbocycles. The summed E-state index contributed by atoms with van der Waals surface area (Å²) in [5.74, 6) is 0.986. The average Bonchev–Trinajstić information content (AvgIpc) is 2.81. The Hall–Kier alpha value is -1.25. The Bertz CT molecular complexity index is 399. The van der Waals surface area contributed by atoms with Crippen molar-refractivity contribution in [3.8, 4) is 0 Å². The quantitative estimate of drug-likeness (QED) is 0.881. The highest BCUT2D eigenvalue weighted by Crippen LogP contribution is 2.04. The molecular weight excluding hydrogens is 234 g/mol. The lowest BCUT2D eigenvalue weighted by molar-refractivity contribution is 0.453. The summed E-state index contributed by atoms with van der Waals surface area (Å²) in [6, 6.07) is 14.9. The van der Waals surface area contributed by atoms with Crippen LogP contribution in [0, 0.1) is 0 Å². The molecule has 0 aliphatic rings. The van der Waals surface area contributed by atoms with Gasteiger partial charge in [-0.2, -0.15) is 0 Å². The van der Waals surface area contributed by atoms with Crippen LogP contribution >= 0.6 is 12.4 Å². The lowest BCUT2D eigenvalue weighted by Crippen LogP contribution is -2.27. The Morgan fingerprint density at radius 1 is 1.12 bits per heavy atom. The zero-order valence-electron chi connectivity index (χ0n) is 9.93. The van der Waals surface area contributed by atoms with Gasteiger partial charge < -0.3 is 9.73 Å². The van der Waals surface area contributed by atoms with Gasteiger partial charge in [0.25, 0.3) is 0 Å². The normalized spacial score (nSPS) is 11.8. The largest absolute Gasteiger partial charge is 0.468 e. The molecule has 0 saturated heterocycles. The van der Waals surface area contributed by atoms with Gasteiger partial charge in [-0.05, 0) is 31.0 Å². The average molecular weight is 252 g/mol. The van der Waals surface area contributed by atoms with E-state index in [1.54, 1.807) is 6.26 Å². The maximum absolute atomic E-state index is 5.27. The molecule has 1 aromatic carbocycles. The highest BCUT2D eigenvalue weighted by atomic mass is 35.5. The molecular formula is C14H18ClNO. The molecule has 2 nitrogen and oxygen atoms in total. The lowest BCUT2D eigenvalue weighted by Gasteiger charge is -2.12. The summed E-state index contributed by atoms with van der Waals surface area (Å²) in [6.07, 6.45) is 2.75. The lowest BCUT2D eigenvalue weighted by atomic mass is 10.1. The van der Waals surface area contributed by atoms with Crippen molar-refractivity contribution in [3.05, 3.63) is 60.1 Å². The fourth-order valence-corrected chi connectivity index (χ4v) is 1.73. The molecule has 1 atom stereocenters. The van der Waals surface area contributed by atoms with Crippen molar-refractivity contribution in [2.24, 2.45) is 0 Å². The molecule has 1 aromatic heterocycles. The van der Waals surface area contributed by atoms with E-state index in [2.05, 4.69) is 36.5 Å². The summed E-state index contributed by atoms with van der Waals surface area (Å²) in [7, 11) is 0. The van der Waals surface area contributed by atoms with E-state index in [4.69, 9.17) is 4.42 Å². The molecule has 1 N–H and O–H groups in total. The van der Waals surface area contributed by atoms with Crippen LogP contribution in [0.5, 0.6) is 0 Å². The van der Waals surface area contributed by atoms with Crippen LogP contribution in [0.4, 0.5) is 0 Å². The van der Waals surface area contributed by atoms with Crippen LogP contribution in [0.2, 0.25) is 0 Å². The fourth-order valence-electron chi connectivity index (χ4n) is 1.73. The van der Waals surface area contributed by atoms with Gasteiger partial charge in [-0.25, -0.2) is 0 Å². The molecule has 0 spiro atoms. The van der Waals surface area contributed by atoms with Gasteiger partial charge in [0.15, 0.2) is 0 Å². The maximum Gasteiger partial charge on any atom is 0.117 e. The van der Waals surface area contributed by atoms with Crippen LogP contribution in [-0.4, -0.2) is 6.04 Å². The fraction of sp³-hybridized carbons (Fsp3) is 0.286. The number of nitrogens with one attached hydrogen (secondary N) is 1. The van der Waals surface area contributed by atoms with Crippen molar-refractivity contribution in [2.75, 3.05) is 0 Å². The molecule has 2 aromatic rings. The van der Waals surface area contributed by atoms with Crippen LogP contribution in [0.25, 0.3) is 0 Å². The number of hydrogen-bond acceptors (Lipinski definition) is 2. The molecule has 3 heteroatoms. The molecule has 0 amide bonds. The van der Waals surface area contributed by atoms with Crippen molar-refractivity contribution in [1.82, 2.24) is 5.32 Å². The van der Waals surface area contributed by atoms with Gasteiger partial charge in [0.2, 0.25) is 0 Å². The molecule has 17 heavy (non-hydrogen) atoms. The van der Waals surface area contributed by atoms with Gasteiger partial charge in [-0.15, -0.1) is 12.4 Å². The van der Waals surface area contributed by atoms with Crippen molar-refractivity contribution < 1.29 is 4.42 Å². The Balaban J connectivity index is 0.00000144. The SMILES string of the molecule is CC(Cc1ccccc1)NCc1ccco1.Cl. The van der Waals surface area contributed by atoms with Crippen molar-refractivity contribution >= 4 is 12.4 Å². The summed E-state index contributed by atoms with van der Waals surface area (Å²) in [5.41, 5.74) is 1.36. The first-order valence-corrected chi connectivity index (χ1v) is 5.64. The molecule has 2 rings (SSSR count). The van der Waals surface area contributed by atoms with Crippen molar-refractivity contribution in [1.29, 1.82) is 0 Å². The van der Waals surface area contributed by atoms with E-state index >= 15 is 0 Å². The van der Waals surface area contributed by atoms with E-state index in [1.807, 2.05) is 18.2 Å². The Labute approximate surface area is 108 Å². The molecule has 0 radical (unpaired) electrons. The van der Waals surface area contributed by atoms with Gasteiger partial charge >= 0.3 is 0 Å². The highest BCUT2D eigenvalue weighted by Gasteiger charge is 2.03. The van der Waals surface area contributed by atoms with Crippen LogP contribution in [-0.2, 0) is 13.0 Å². The summed E-state index contributed by atoms with van der Waals surface area (Å²) in [5, 5.41) is 3.44. The third-order valence-corrected chi connectivity index (χ3v) is 2.59. The molecule has 1 unspecified atom stereocenters. The van der Waals surface area contributed by atoms with E-state index in [-0.39, 0.29) is 12.4 Å². The van der Waals surface area contributed by atoms with Crippen LogP contribution in [0.15, 0.2) is 53.1 Å². The Kier molecular flexibility index (Phi) is 5.81. The van der Waals surface area contributed by atoms with Crippen molar-refractivity contribution in [3.63, 3.8) is 0 Å². The zero-order chi connectivity index (χ0) is 11.2. The van der Waals surface area contributed by atoms with E-state index in [0.29, 0.717) is 6.04 Å². The van der Waals surface area contributed by atoms with Gasteiger partial charge in [-0.1, -0.05) is 30.3 Å². The Morgan fingerprint density at radius 2 is 1.88 bits per heavy atom. The second-order valence-corrected chi connectivity index (χ2v) is 4.05. The predicted octanol–water partition coefficient (Wildman–Crippen LogP) is 3.42. The first-order valence-electron chi connectivity index (χ1n) is 5.64. The number of halogens is 1. The standard InChI is InChI=1S/C14H17NO.ClH/c1-12(10-13-6-3-2-4-7-13)15-11-14-8-5-9-16-14;/h2-9,12,15H,10-11H2,1H3;1H. The van der Waals surface area contributed by atoms with Crippen LogP contribution < -0.4 is 5.32 Å². The van der Waals surface area contributed by atoms with Gasteiger partial charge in [0, 0.05) is 6.04 Å². The molecule has 92 valence electrons. The zero-order valence-corrected chi connectivity index (χ0v) is 10.7. The minimum Gasteiger partial charge on any atom is -0.468 e. The van der Waals surface area contributed by atoms with Gasteiger partial charge in [-0.3, -0.25) is 0 Å². The first-order chi connectivity index (χ1) is 7.84. The second kappa shape index (κ2) is 7.15. The van der Waals surface area contributed by atoms with Crippen LogP contribution in [0.1, 0.15) is 18.2 Å². The molecule has 0 fully saturated rings. The molecule has 0 saturated carbocycles. The minimum atomic E-state index is 0. The summed E-state index contributed by atoms with van der Waals surface area (Å²) in [4.78, 5) is 0. The third kappa shape index (κ3) is 4.63. The number of benzene rings is 1. The van der Waals surface area contributed by atoms with Gasteiger partial charge in [0.05, 0.1) is 12.8 Å². The van der Waals surface area contributed by atoms with Crippen LogP contribution in [0.3, 0.4) is 0 Å². The summed E-state index contributed by atoms with van der Waals surface area (Å²) >= 11 is 0. The summed E-state index contributed by atoms with van der Waals surface area (Å²) < 4.78 is 5.27. The molecule has 1 heterocycles. The monoisotopic (exact) mass is 251 g/mol. The minimum absolute atomic E-state index is 0. The molecule has 0 aliphatic heterocycles. The van der Waals surface area contributed by atoms with Gasteiger partial charge in [0.1, 0.15) is 5.76 Å². The number of hydrogen-bond donors (Lipinski definition) is 1.